The predicted octanol–water partition coefficient (Wildman–Crippen LogP) is 3.20. The molecule has 102 valence electrons. The Balaban J connectivity index is 1.92. The number of fused-ring (bicyclic) bond motifs is 1. The maximum atomic E-state index is 10.6. The number of hydrogen-bond acceptors (Lipinski definition) is 4. The molecule has 0 atom stereocenters. The van der Waals surface area contributed by atoms with Gasteiger partial charge in [-0.25, -0.2) is 0 Å². The summed E-state index contributed by atoms with van der Waals surface area (Å²) in [7, 11) is 1.63. The van der Waals surface area contributed by atoms with E-state index in [0.717, 1.165) is 16.7 Å². The Hall–Kier alpha value is -2.76. The molecule has 0 unspecified atom stereocenters. The smallest absolute Gasteiger partial charge is 0.433 e. The molecule has 0 aliphatic heterocycles. The van der Waals surface area contributed by atoms with Crippen LogP contribution in [0.5, 0.6) is 5.75 Å². The molecule has 0 saturated heterocycles. The number of methoxy groups -OCH3 is 1. The fraction of sp³-hybridized carbons (Fsp3) is 0.143. The Morgan fingerprint density at radius 3 is 2.85 bits per heavy atom. The zero-order valence-corrected chi connectivity index (χ0v) is 10.8. The highest BCUT2D eigenvalue weighted by atomic mass is 16.6. The number of rotatable bonds is 4. The van der Waals surface area contributed by atoms with Gasteiger partial charge in [-0.15, -0.1) is 0 Å². The third-order valence-electron chi connectivity index (χ3n) is 3.13. The van der Waals surface area contributed by atoms with Gasteiger partial charge in [0.15, 0.2) is 0 Å². The molecule has 2 heterocycles. The van der Waals surface area contributed by atoms with E-state index in [4.69, 9.17) is 9.15 Å². The van der Waals surface area contributed by atoms with Crippen molar-refractivity contribution in [1.29, 1.82) is 0 Å². The number of nitrogens with zero attached hydrogens (tertiary/aromatic N) is 2. The number of ether oxygens (including phenoxy) is 1. The minimum absolute atomic E-state index is 0.238. The summed E-state index contributed by atoms with van der Waals surface area (Å²) in [5.41, 5.74) is 1.02. The molecule has 1 aromatic carbocycles. The van der Waals surface area contributed by atoms with Crippen LogP contribution in [0.1, 0.15) is 5.76 Å². The van der Waals surface area contributed by atoms with E-state index in [9.17, 15) is 10.1 Å². The molecular weight excluding hydrogens is 260 g/mol. The standard InChI is InChI=1S/C14H12N2O4/c1-19-11-2-4-13-10(8-11)6-7-15(13)9-12-3-5-14(20-12)16(17)18/h2-8H,9H2,1H3. The van der Waals surface area contributed by atoms with Gasteiger partial charge in [0, 0.05) is 17.1 Å². The van der Waals surface area contributed by atoms with Gasteiger partial charge in [-0.1, -0.05) is 0 Å². The molecule has 3 aromatic rings. The van der Waals surface area contributed by atoms with Crippen LogP contribution >= 0.6 is 0 Å². The normalized spacial score (nSPS) is 10.8. The maximum Gasteiger partial charge on any atom is 0.433 e. The first-order valence-electron chi connectivity index (χ1n) is 6.03. The van der Waals surface area contributed by atoms with Crippen molar-refractivity contribution in [2.24, 2.45) is 0 Å². The number of hydrogen-bond donors (Lipinski definition) is 0. The lowest BCUT2D eigenvalue weighted by Crippen LogP contribution is -1.96. The second kappa shape index (κ2) is 4.73. The molecule has 0 bridgehead atoms. The summed E-state index contributed by atoms with van der Waals surface area (Å²) < 4.78 is 12.3. The summed E-state index contributed by atoms with van der Waals surface area (Å²) in [5, 5.41) is 11.6. The van der Waals surface area contributed by atoms with E-state index in [-0.39, 0.29) is 5.88 Å². The highest BCUT2D eigenvalue weighted by molar-refractivity contribution is 5.81. The van der Waals surface area contributed by atoms with Crippen LogP contribution in [-0.4, -0.2) is 16.6 Å². The van der Waals surface area contributed by atoms with E-state index in [0.29, 0.717) is 12.3 Å². The molecule has 2 aromatic heterocycles. The van der Waals surface area contributed by atoms with Crippen molar-refractivity contribution in [1.82, 2.24) is 4.57 Å². The molecule has 0 saturated carbocycles. The van der Waals surface area contributed by atoms with Gasteiger partial charge in [-0.05, 0) is 30.3 Å². The first-order chi connectivity index (χ1) is 9.67. The molecule has 0 N–H and O–H groups in total. The summed E-state index contributed by atoms with van der Waals surface area (Å²) >= 11 is 0. The van der Waals surface area contributed by atoms with Crippen LogP contribution in [-0.2, 0) is 6.54 Å². The Labute approximate surface area is 114 Å². The third kappa shape index (κ3) is 2.11. The zero-order chi connectivity index (χ0) is 14.1. The first-order valence-corrected chi connectivity index (χ1v) is 6.03. The summed E-state index contributed by atoms with van der Waals surface area (Å²) in [6.45, 7) is 0.448. The highest BCUT2D eigenvalue weighted by Crippen LogP contribution is 2.23. The van der Waals surface area contributed by atoms with Gasteiger partial charge >= 0.3 is 5.88 Å². The lowest BCUT2D eigenvalue weighted by atomic mass is 10.2. The van der Waals surface area contributed by atoms with E-state index >= 15 is 0 Å². The predicted molar refractivity (Wildman–Crippen MR) is 73.0 cm³/mol. The molecule has 3 rings (SSSR count). The van der Waals surface area contributed by atoms with Crippen LogP contribution < -0.4 is 4.74 Å². The summed E-state index contributed by atoms with van der Waals surface area (Å²) in [6.07, 6.45) is 1.92. The summed E-state index contributed by atoms with van der Waals surface area (Å²) in [4.78, 5) is 10.1. The van der Waals surface area contributed by atoms with E-state index < -0.39 is 4.92 Å². The SMILES string of the molecule is COc1ccc2c(ccn2Cc2ccc([N+](=O)[O-])o2)c1. The fourth-order valence-corrected chi connectivity index (χ4v) is 2.16. The minimum Gasteiger partial charge on any atom is -0.497 e. The molecule has 0 radical (unpaired) electrons. The summed E-state index contributed by atoms with van der Waals surface area (Å²) in [5.74, 6) is 1.10. The van der Waals surface area contributed by atoms with Gasteiger partial charge in [0.05, 0.1) is 19.7 Å². The van der Waals surface area contributed by atoms with Crippen molar-refractivity contribution in [2.75, 3.05) is 7.11 Å². The topological polar surface area (TPSA) is 70.4 Å². The van der Waals surface area contributed by atoms with Gasteiger partial charge in [0.2, 0.25) is 0 Å². The lowest BCUT2D eigenvalue weighted by molar-refractivity contribution is -0.402. The lowest BCUT2D eigenvalue weighted by Gasteiger charge is -2.04. The van der Waals surface area contributed by atoms with Crippen LogP contribution in [0.3, 0.4) is 0 Å². The number of benzene rings is 1. The van der Waals surface area contributed by atoms with Crippen molar-refractivity contribution in [3.05, 3.63) is 58.5 Å². The van der Waals surface area contributed by atoms with Crippen LogP contribution in [0.2, 0.25) is 0 Å². The Morgan fingerprint density at radius 1 is 1.30 bits per heavy atom. The van der Waals surface area contributed by atoms with Gasteiger partial charge in [0.1, 0.15) is 16.4 Å². The van der Waals surface area contributed by atoms with Crippen molar-refractivity contribution in [2.45, 2.75) is 6.54 Å². The van der Waals surface area contributed by atoms with E-state index in [2.05, 4.69) is 0 Å². The van der Waals surface area contributed by atoms with Crippen molar-refractivity contribution in [3.63, 3.8) is 0 Å². The molecule has 6 heteroatoms. The van der Waals surface area contributed by atoms with Gasteiger partial charge in [-0.3, -0.25) is 10.1 Å². The number of furan rings is 1. The molecular formula is C14H12N2O4. The van der Waals surface area contributed by atoms with Crippen LogP contribution in [0.4, 0.5) is 5.88 Å². The maximum absolute atomic E-state index is 10.6. The van der Waals surface area contributed by atoms with Crippen molar-refractivity contribution >= 4 is 16.8 Å². The van der Waals surface area contributed by atoms with Gasteiger partial charge in [0.25, 0.3) is 0 Å². The third-order valence-corrected chi connectivity index (χ3v) is 3.13. The monoisotopic (exact) mass is 272 g/mol. The second-order valence-electron chi connectivity index (χ2n) is 4.37. The molecule has 0 fully saturated rings. The molecule has 0 aliphatic rings. The van der Waals surface area contributed by atoms with Gasteiger partial charge in [-0.2, -0.15) is 0 Å². The molecule has 0 spiro atoms. The van der Waals surface area contributed by atoms with Crippen molar-refractivity contribution < 1.29 is 14.1 Å². The van der Waals surface area contributed by atoms with Crippen LogP contribution in [0.15, 0.2) is 47.0 Å². The molecule has 20 heavy (non-hydrogen) atoms. The molecule has 6 nitrogen and oxygen atoms in total. The van der Waals surface area contributed by atoms with E-state index in [1.165, 1.54) is 6.07 Å². The zero-order valence-electron chi connectivity index (χ0n) is 10.8. The number of aromatic nitrogens is 1. The fourth-order valence-electron chi connectivity index (χ4n) is 2.16. The number of nitro groups is 1. The quantitative estimate of drug-likeness (QED) is 0.540. The van der Waals surface area contributed by atoms with E-state index in [1.807, 2.05) is 35.0 Å². The average Bonchev–Trinajstić information content (AvgIpc) is 3.06. The Kier molecular flexibility index (Phi) is 2.90. The summed E-state index contributed by atoms with van der Waals surface area (Å²) in [6, 6.07) is 10.7. The van der Waals surface area contributed by atoms with E-state index in [1.54, 1.807) is 13.2 Å². The van der Waals surface area contributed by atoms with Crippen LogP contribution in [0, 0.1) is 10.1 Å². The molecule has 0 amide bonds. The van der Waals surface area contributed by atoms with Gasteiger partial charge < -0.3 is 13.7 Å². The molecule has 0 aliphatic carbocycles. The van der Waals surface area contributed by atoms with Crippen LogP contribution in [0.25, 0.3) is 10.9 Å². The average molecular weight is 272 g/mol. The minimum atomic E-state index is -0.540. The Bertz CT molecular complexity index is 772. The first kappa shape index (κ1) is 12.3. The highest BCUT2D eigenvalue weighted by Gasteiger charge is 2.12. The van der Waals surface area contributed by atoms with Crippen molar-refractivity contribution in [3.8, 4) is 5.75 Å². The largest absolute Gasteiger partial charge is 0.497 e. The second-order valence-corrected chi connectivity index (χ2v) is 4.37. The Morgan fingerprint density at radius 2 is 2.15 bits per heavy atom.